The molecule has 3 rings (SSSR count). The molecule has 0 atom stereocenters. The van der Waals surface area contributed by atoms with Gasteiger partial charge < -0.3 is 10.2 Å². The number of nitrogens with two attached hydrogens (primary N) is 1. The van der Waals surface area contributed by atoms with E-state index in [1.165, 1.54) is 12.1 Å². The molecule has 0 fully saturated rings. The Morgan fingerprint density at radius 1 is 0.810 bits per heavy atom. The molecule has 2 aromatic carbocycles. The highest BCUT2D eigenvalue weighted by molar-refractivity contribution is 5.62. The largest absolute Gasteiger partial charge is 0.456 e. The molecule has 3 heteroatoms. The third-order valence-electron chi connectivity index (χ3n) is 3.30. The van der Waals surface area contributed by atoms with Gasteiger partial charge in [0.1, 0.15) is 11.5 Å². The van der Waals surface area contributed by atoms with Crippen LogP contribution in [0.5, 0.6) is 0 Å². The van der Waals surface area contributed by atoms with Gasteiger partial charge in [0.15, 0.2) is 5.43 Å². The van der Waals surface area contributed by atoms with Crippen molar-refractivity contribution in [1.82, 2.24) is 0 Å². The molecule has 1 aromatic heterocycles. The summed E-state index contributed by atoms with van der Waals surface area (Å²) in [5.41, 5.74) is 8.31. The van der Waals surface area contributed by atoms with Gasteiger partial charge in [0.05, 0.1) is 0 Å². The minimum atomic E-state index is -0.0713. The Kier molecular flexibility index (Phi) is 3.67. The van der Waals surface area contributed by atoms with Crippen molar-refractivity contribution in [2.24, 2.45) is 5.73 Å². The predicted molar refractivity (Wildman–Crippen MR) is 83.7 cm³/mol. The van der Waals surface area contributed by atoms with Gasteiger partial charge in [-0.25, -0.2) is 0 Å². The van der Waals surface area contributed by atoms with E-state index >= 15 is 0 Å². The number of hydrogen-bond acceptors (Lipinski definition) is 3. The van der Waals surface area contributed by atoms with E-state index in [4.69, 9.17) is 10.2 Å². The van der Waals surface area contributed by atoms with Crippen molar-refractivity contribution in [3.05, 3.63) is 82.5 Å². The summed E-state index contributed by atoms with van der Waals surface area (Å²) >= 11 is 0. The quantitative estimate of drug-likeness (QED) is 0.798. The van der Waals surface area contributed by atoms with E-state index in [0.717, 1.165) is 16.7 Å². The fourth-order valence-corrected chi connectivity index (χ4v) is 2.17. The SMILES string of the molecule is NCc1ccc(-c2cc(=O)cc(-c3ccccc3)o2)cc1. The average molecular weight is 277 g/mol. The average Bonchev–Trinajstić information content (AvgIpc) is 2.55. The highest BCUT2D eigenvalue weighted by Crippen LogP contribution is 2.24. The minimum Gasteiger partial charge on any atom is -0.456 e. The van der Waals surface area contributed by atoms with Crippen molar-refractivity contribution in [3.63, 3.8) is 0 Å². The van der Waals surface area contributed by atoms with Crippen molar-refractivity contribution >= 4 is 0 Å². The summed E-state index contributed by atoms with van der Waals surface area (Å²) in [6.07, 6.45) is 0. The number of rotatable bonds is 3. The lowest BCUT2D eigenvalue weighted by atomic mass is 10.1. The first-order chi connectivity index (χ1) is 10.3. The molecule has 0 bridgehead atoms. The van der Waals surface area contributed by atoms with E-state index in [9.17, 15) is 4.79 Å². The molecule has 0 radical (unpaired) electrons. The predicted octanol–water partition coefficient (Wildman–Crippen LogP) is 3.43. The second kappa shape index (κ2) is 5.77. The maximum atomic E-state index is 11.9. The third kappa shape index (κ3) is 2.93. The first-order valence-electron chi connectivity index (χ1n) is 6.76. The Hall–Kier alpha value is -2.65. The molecule has 1 heterocycles. The van der Waals surface area contributed by atoms with Crippen LogP contribution in [-0.2, 0) is 6.54 Å². The van der Waals surface area contributed by atoms with Gasteiger partial charge in [-0.2, -0.15) is 0 Å². The molecule has 0 aliphatic rings. The molecule has 2 N–H and O–H groups in total. The van der Waals surface area contributed by atoms with Crippen LogP contribution in [0.15, 0.2) is 75.9 Å². The maximum absolute atomic E-state index is 11.9. The molecule has 104 valence electrons. The van der Waals surface area contributed by atoms with Crippen molar-refractivity contribution in [2.45, 2.75) is 6.54 Å². The van der Waals surface area contributed by atoms with Gasteiger partial charge >= 0.3 is 0 Å². The van der Waals surface area contributed by atoms with Crippen LogP contribution in [0.2, 0.25) is 0 Å². The normalized spacial score (nSPS) is 10.5. The van der Waals surface area contributed by atoms with E-state index < -0.39 is 0 Å². The van der Waals surface area contributed by atoms with Gasteiger partial charge in [-0.15, -0.1) is 0 Å². The third-order valence-corrected chi connectivity index (χ3v) is 3.30. The molecule has 0 saturated heterocycles. The second-order valence-corrected chi connectivity index (χ2v) is 4.79. The van der Waals surface area contributed by atoms with Gasteiger partial charge in [0.25, 0.3) is 0 Å². The zero-order valence-electron chi connectivity index (χ0n) is 11.5. The van der Waals surface area contributed by atoms with Crippen LogP contribution in [0.3, 0.4) is 0 Å². The lowest BCUT2D eigenvalue weighted by Crippen LogP contribution is -1.99. The van der Waals surface area contributed by atoms with Gasteiger partial charge in [-0.3, -0.25) is 4.79 Å². The molecule has 0 spiro atoms. The van der Waals surface area contributed by atoms with Gasteiger partial charge in [0.2, 0.25) is 0 Å². The summed E-state index contributed by atoms with van der Waals surface area (Å²) in [5, 5.41) is 0. The molecule has 3 aromatic rings. The highest BCUT2D eigenvalue weighted by Gasteiger charge is 2.06. The Labute approximate surface area is 122 Å². The van der Waals surface area contributed by atoms with E-state index in [0.29, 0.717) is 18.1 Å². The van der Waals surface area contributed by atoms with E-state index in [1.54, 1.807) is 0 Å². The highest BCUT2D eigenvalue weighted by atomic mass is 16.3. The molecule has 0 aliphatic heterocycles. The van der Waals surface area contributed by atoms with Gasteiger partial charge in [-0.1, -0.05) is 54.6 Å². The molecule has 0 amide bonds. The van der Waals surface area contributed by atoms with Crippen LogP contribution < -0.4 is 11.2 Å². The van der Waals surface area contributed by atoms with Crippen LogP contribution in [0.1, 0.15) is 5.56 Å². The lowest BCUT2D eigenvalue weighted by Gasteiger charge is -2.05. The molecule has 21 heavy (non-hydrogen) atoms. The summed E-state index contributed by atoms with van der Waals surface area (Å²) in [6.45, 7) is 0.494. The molecular weight excluding hydrogens is 262 g/mol. The Bertz CT molecular complexity index is 789. The van der Waals surface area contributed by atoms with E-state index in [-0.39, 0.29) is 5.43 Å². The summed E-state index contributed by atoms with van der Waals surface area (Å²) in [4.78, 5) is 11.9. The second-order valence-electron chi connectivity index (χ2n) is 4.79. The number of hydrogen-bond donors (Lipinski definition) is 1. The monoisotopic (exact) mass is 277 g/mol. The zero-order valence-corrected chi connectivity index (χ0v) is 11.5. The minimum absolute atomic E-state index is 0.0713. The first kappa shape index (κ1) is 13.3. The molecule has 0 unspecified atom stereocenters. The standard InChI is InChI=1S/C18H15NO2/c19-12-13-6-8-15(9-7-13)18-11-16(20)10-17(21-18)14-4-2-1-3-5-14/h1-11H,12,19H2. The topological polar surface area (TPSA) is 56.2 Å². The van der Waals surface area contributed by atoms with E-state index in [1.807, 2.05) is 54.6 Å². The van der Waals surface area contributed by atoms with Crippen LogP contribution in [0.4, 0.5) is 0 Å². The Balaban J connectivity index is 2.07. The smallest absolute Gasteiger partial charge is 0.186 e. The van der Waals surface area contributed by atoms with Gasteiger partial charge in [0, 0.05) is 29.8 Å². The molecule has 0 aliphatic carbocycles. The summed E-state index contributed by atoms with van der Waals surface area (Å²) in [5.74, 6) is 1.13. The molecule has 0 saturated carbocycles. The first-order valence-corrected chi connectivity index (χ1v) is 6.76. The Morgan fingerprint density at radius 2 is 1.38 bits per heavy atom. The summed E-state index contributed by atoms with van der Waals surface area (Å²) in [7, 11) is 0. The van der Waals surface area contributed by atoms with Crippen molar-refractivity contribution in [2.75, 3.05) is 0 Å². The van der Waals surface area contributed by atoms with Crippen molar-refractivity contribution in [1.29, 1.82) is 0 Å². The maximum Gasteiger partial charge on any atom is 0.186 e. The van der Waals surface area contributed by atoms with E-state index in [2.05, 4.69) is 0 Å². The summed E-state index contributed by atoms with van der Waals surface area (Å²) < 4.78 is 5.87. The fraction of sp³-hybridized carbons (Fsp3) is 0.0556. The molecular formula is C18H15NO2. The van der Waals surface area contributed by atoms with Crippen molar-refractivity contribution < 1.29 is 4.42 Å². The lowest BCUT2D eigenvalue weighted by molar-refractivity contribution is 0.580. The summed E-state index contributed by atoms with van der Waals surface area (Å²) in [6, 6.07) is 20.3. The van der Waals surface area contributed by atoms with Crippen LogP contribution in [-0.4, -0.2) is 0 Å². The van der Waals surface area contributed by atoms with Crippen LogP contribution in [0.25, 0.3) is 22.6 Å². The zero-order chi connectivity index (χ0) is 14.7. The van der Waals surface area contributed by atoms with Crippen LogP contribution >= 0.6 is 0 Å². The number of benzene rings is 2. The van der Waals surface area contributed by atoms with Gasteiger partial charge in [-0.05, 0) is 5.56 Å². The van der Waals surface area contributed by atoms with Crippen LogP contribution in [0, 0.1) is 0 Å². The van der Waals surface area contributed by atoms with Crippen molar-refractivity contribution in [3.8, 4) is 22.6 Å². The Morgan fingerprint density at radius 3 is 1.95 bits per heavy atom. The fourth-order valence-electron chi connectivity index (χ4n) is 2.17. The molecule has 3 nitrogen and oxygen atoms in total.